The molecular formula is C13H17NO3. The Balaban J connectivity index is 2.03. The predicted molar refractivity (Wildman–Crippen MR) is 63.4 cm³/mol. The van der Waals surface area contributed by atoms with E-state index in [2.05, 4.69) is 0 Å². The summed E-state index contributed by atoms with van der Waals surface area (Å²) in [6, 6.07) is 9.88. The monoisotopic (exact) mass is 235 g/mol. The van der Waals surface area contributed by atoms with Gasteiger partial charge in [0.1, 0.15) is 0 Å². The molecule has 92 valence electrons. The molecule has 1 saturated carbocycles. The lowest BCUT2D eigenvalue weighted by molar-refractivity contribution is 0.000251. The zero-order valence-electron chi connectivity index (χ0n) is 9.87. The van der Waals surface area contributed by atoms with Crippen LogP contribution in [0.1, 0.15) is 18.4 Å². The van der Waals surface area contributed by atoms with Crippen LogP contribution in [0.3, 0.4) is 0 Å². The molecule has 1 N–H and O–H groups in total. The van der Waals surface area contributed by atoms with Crippen molar-refractivity contribution in [1.82, 2.24) is 4.90 Å². The fraction of sp³-hybridized carbons (Fsp3) is 0.462. The number of aliphatic hydroxyl groups excluding tert-OH is 1. The van der Waals surface area contributed by atoms with Crippen LogP contribution in [0.15, 0.2) is 30.3 Å². The van der Waals surface area contributed by atoms with Crippen molar-refractivity contribution in [3.05, 3.63) is 35.9 Å². The summed E-state index contributed by atoms with van der Waals surface area (Å²) in [5.74, 6) is 0. The van der Waals surface area contributed by atoms with Gasteiger partial charge in [-0.25, -0.2) is 4.79 Å². The van der Waals surface area contributed by atoms with Crippen LogP contribution in [0.4, 0.5) is 4.79 Å². The van der Waals surface area contributed by atoms with Crippen molar-refractivity contribution in [2.45, 2.75) is 31.5 Å². The van der Waals surface area contributed by atoms with Crippen LogP contribution in [0.2, 0.25) is 0 Å². The number of aliphatic hydroxyl groups is 1. The molecule has 1 fully saturated rings. The standard InChI is InChI=1S/C13H17NO3/c1-17-13(16)14(11-7-12(15)8-11)9-10-5-3-2-4-6-10/h2-6,11-12,15H,7-9H2,1H3. The van der Waals surface area contributed by atoms with Gasteiger partial charge in [-0.05, 0) is 18.4 Å². The Hall–Kier alpha value is -1.55. The Morgan fingerprint density at radius 2 is 2.06 bits per heavy atom. The average molecular weight is 235 g/mol. The molecule has 0 aliphatic heterocycles. The zero-order chi connectivity index (χ0) is 12.3. The highest BCUT2D eigenvalue weighted by molar-refractivity contribution is 5.68. The molecule has 0 saturated heterocycles. The molecule has 4 nitrogen and oxygen atoms in total. The number of hydrogen-bond donors (Lipinski definition) is 1. The normalized spacial score (nSPS) is 22.7. The quantitative estimate of drug-likeness (QED) is 0.868. The van der Waals surface area contributed by atoms with Gasteiger partial charge >= 0.3 is 6.09 Å². The Morgan fingerprint density at radius 3 is 2.59 bits per heavy atom. The van der Waals surface area contributed by atoms with Crippen LogP contribution in [-0.4, -0.2) is 35.4 Å². The van der Waals surface area contributed by atoms with E-state index in [4.69, 9.17) is 4.74 Å². The smallest absolute Gasteiger partial charge is 0.410 e. The lowest BCUT2D eigenvalue weighted by Crippen LogP contribution is -2.49. The lowest BCUT2D eigenvalue weighted by atomic mass is 9.88. The number of ether oxygens (including phenoxy) is 1. The molecule has 1 aliphatic rings. The summed E-state index contributed by atoms with van der Waals surface area (Å²) in [5.41, 5.74) is 1.07. The van der Waals surface area contributed by atoms with E-state index in [-0.39, 0.29) is 18.2 Å². The van der Waals surface area contributed by atoms with E-state index in [1.54, 1.807) is 4.90 Å². The fourth-order valence-corrected chi connectivity index (χ4v) is 2.05. The van der Waals surface area contributed by atoms with Gasteiger partial charge in [-0.3, -0.25) is 0 Å². The molecule has 0 aromatic heterocycles. The maximum atomic E-state index is 11.7. The fourth-order valence-electron chi connectivity index (χ4n) is 2.05. The van der Waals surface area contributed by atoms with Crippen LogP contribution < -0.4 is 0 Å². The summed E-state index contributed by atoms with van der Waals surface area (Å²) in [5, 5.41) is 9.31. The van der Waals surface area contributed by atoms with Crippen molar-refractivity contribution in [2.75, 3.05) is 7.11 Å². The maximum absolute atomic E-state index is 11.7. The third-order valence-corrected chi connectivity index (χ3v) is 3.13. The van der Waals surface area contributed by atoms with Gasteiger partial charge in [0.2, 0.25) is 0 Å². The molecule has 0 spiro atoms. The minimum Gasteiger partial charge on any atom is -0.453 e. The van der Waals surface area contributed by atoms with Crippen LogP contribution in [0, 0.1) is 0 Å². The van der Waals surface area contributed by atoms with Crippen molar-refractivity contribution in [3.63, 3.8) is 0 Å². The summed E-state index contributed by atoms with van der Waals surface area (Å²) in [7, 11) is 1.38. The highest BCUT2D eigenvalue weighted by Crippen LogP contribution is 2.27. The van der Waals surface area contributed by atoms with Gasteiger partial charge < -0.3 is 14.7 Å². The molecule has 1 amide bonds. The van der Waals surface area contributed by atoms with Crippen molar-refractivity contribution in [1.29, 1.82) is 0 Å². The summed E-state index contributed by atoms with van der Waals surface area (Å²) in [6.07, 6.45) is 0.679. The maximum Gasteiger partial charge on any atom is 0.410 e. The number of carbonyl (C=O) groups excluding carboxylic acids is 1. The highest BCUT2D eigenvalue weighted by atomic mass is 16.5. The number of amides is 1. The van der Waals surface area contributed by atoms with Crippen molar-refractivity contribution in [3.8, 4) is 0 Å². The largest absolute Gasteiger partial charge is 0.453 e. The van der Waals surface area contributed by atoms with E-state index < -0.39 is 0 Å². The van der Waals surface area contributed by atoms with Crippen molar-refractivity contribution >= 4 is 6.09 Å². The second-order valence-corrected chi connectivity index (χ2v) is 4.36. The molecule has 2 rings (SSSR count). The number of rotatable bonds is 3. The topological polar surface area (TPSA) is 49.8 Å². The second-order valence-electron chi connectivity index (χ2n) is 4.36. The summed E-state index contributed by atoms with van der Waals surface area (Å²) < 4.78 is 4.78. The number of nitrogens with zero attached hydrogens (tertiary/aromatic N) is 1. The van der Waals surface area contributed by atoms with E-state index in [0.29, 0.717) is 19.4 Å². The van der Waals surface area contributed by atoms with E-state index in [1.807, 2.05) is 30.3 Å². The molecule has 1 aromatic rings. The minimum absolute atomic E-state index is 0.0951. The molecular weight excluding hydrogens is 218 g/mol. The van der Waals surface area contributed by atoms with Crippen LogP contribution in [-0.2, 0) is 11.3 Å². The number of methoxy groups -OCH3 is 1. The van der Waals surface area contributed by atoms with Crippen LogP contribution in [0.5, 0.6) is 0 Å². The summed E-state index contributed by atoms with van der Waals surface area (Å²) >= 11 is 0. The first-order valence-corrected chi connectivity index (χ1v) is 5.77. The lowest BCUT2D eigenvalue weighted by Gasteiger charge is -2.39. The number of benzene rings is 1. The van der Waals surface area contributed by atoms with E-state index in [1.165, 1.54) is 7.11 Å². The number of hydrogen-bond acceptors (Lipinski definition) is 3. The molecule has 1 aromatic carbocycles. The van der Waals surface area contributed by atoms with Gasteiger partial charge in [-0.15, -0.1) is 0 Å². The first-order valence-electron chi connectivity index (χ1n) is 5.77. The van der Waals surface area contributed by atoms with E-state index in [0.717, 1.165) is 5.56 Å². The van der Waals surface area contributed by atoms with Gasteiger partial charge in [0.05, 0.1) is 13.2 Å². The van der Waals surface area contributed by atoms with Gasteiger partial charge in [0.15, 0.2) is 0 Å². The van der Waals surface area contributed by atoms with Gasteiger partial charge in [0, 0.05) is 12.6 Å². The molecule has 0 unspecified atom stereocenters. The molecule has 0 atom stereocenters. The SMILES string of the molecule is COC(=O)N(Cc1ccccc1)C1CC(O)C1. The Labute approximate surface area is 101 Å². The second kappa shape index (κ2) is 5.19. The van der Waals surface area contributed by atoms with E-state index in [9.17, 15) is 9.90 Å². The zero-order valence-corrected chi connectivity index (χ0v) is 9.87. The van der Waals surface area contributed by atoms with Gasteiger partial charge in [0.25, 0.3) is 0 Å². The Kier molecular flexibility index (Phi) is 3.64. The Morgan fingerprint density at radius 1 is 1.41 bits per heavy atom. The Bertz CT molecular complexity index is 374. The molecule has 0 radical (unpaired) electrons. The van der Waals surface area contributed by atoms with Gasteiger partial charge in [-0.1, -0.05) is 30.3 Å². The highest BCUT2D eigenvalue weighted by Gasteiger charge is 2.35. The minimum atomic E-state index is -0.328. The first kappa shape index (κ1) is 11.9. The number of carbonyl (C=O) groups is 1. The molecule has 17 heavy (non-hydrogen) atoms. The van der Waals surface area contributed by atoms with Gasteiger partial charge in [-0.2, -0.15) is 0 Å². The predicted octanol–water partition coefficient (Wildman–Crippen LogP) is 1.78. The molecule has 0 heterocycles. The third kappa shape index (κ3) is 2.77. The van der Waals surface area contributed by atoms with Crippen LogP contribution >= 0.6 is 0 Å². The van der Waals surface area contributed by atoms with E-state index >= 15 is 0 Å². The summed E-state index contributed by atoms with van der Waals surface area (Å²) in [6.45, 7) is 0.533. The van der Waals surface area contributed by atoms with Crippen molar-refractivity contribution < 1.29 is 14.6 Å². The van der Waals surface area contributed by atoms with Crippen LogP contribution in [0.25, 0.3) is 0 Å². The van der Waals surface area contributed by atoms with Crippen molar-refractivity contribution in [2.24, 2.45) is 0 Å². The molecule has 0 bridgehead atoms. The summed E-state index contributed by atoms with van der Waals surface area (Å²) in [4.78, 5) is 13.4. The molecule has 4 heteroatoms. The average Bonchev–Trinajstić information content (AvgIpc) is 2.33. The first-order chi connectivity index (χ1) is 8.20. The molecule has 1 aliphatic carbocycles. The third-order valence-electron chi connectivity index (χ3n) is 3.13.